The molecule has 1 aromatic carbocycles. The lowest BCUT2D eigenvalue weighted by molar-refractivity contribution is -0.138. The number of nitrogens with zero attached hydrogens (tertiary/aromatic N) is 3. The lowest BCUT2D eigenvalue weighted by atomic mass is 10.1. The van der Waals surface area contributed by atoms with Gasteiger partial charge in [0.05, 0.1) is 12.2 Å². The monoisotopic (exact) mass is 572 g/mol. The first-order valence-corrected chi connectivity index (χ1v) is 14.4. The van der Waals surface area contributed by atoms with Crippen molar-refractivity contribution in [3.63, 3.8) is 0 Å². The first-order chi connectivity index (χ1) is 17.4. The van der Waals surface area contributed by atoms with Gasteiger partial charge in [-0.05, 0) is 38.0 Å². The third kappa shape index (κ3) is 11.1. The molecule has 1 aromatic heterocycles. The Morgan fingerprint density at radius 3 is 2.59 bits per heavy atom. The summed E-state index contributed by atoms with van der Waals surface area (Å²) in [6, 6.07) is 5.33. The number of rotatable bonds is 9. The Bertz CT molecular complexity index is 1170. The minimum absolute atomic E-state index is 0.0396. The first kappa shape index (κ1) is 30.6. The van der Waals surface area contributed by atoms with Crippen molar-refractivity contribution in [2.75, 3.05) is 36.7 Å². The van der Waals surface area contributed by atoms with Crippen molar-refractivity contribution in [2.24, 2.45) is 5.73 Å². The number of carbonyl (C=O) groups excluding carboxylic acids is 2. The third-order valence-corrected chi connectivity index (χ3v) is 7.31. The number of ether oxygens (including phenoxy) is 1. The van der Waals surface area contributed by atoms with Crippen molar-refractivity contribution in [3.05, 3.63) is 45.4 Å². The molecule has 0 unspecified atom stereocenters. The number of halogens is 1. The largest absolute Gasteiger partial charge is 0.462 e. The van der Waals surface area contributed by atoms with Crippen molar-refractivity contribution >= 4 is 56.5 Å². The van der Waals surface area contributed by atoms with Gasteiger partial charge in [0, 0.05) is 37.7 Å². The second-order valence-corrected chi connectivity index (χ2v) is 12.2. The predicted octanol–water partition coefficient (Wildman–Crippen LogP) is 2.04. The van der Waals surface area contributed by atoms with Gasteiger partial charge in [-0.15, -0.1) is 10.2 Å². The molecule has 1 fully saturated rings. The summed E-state index contributed by atoms with van der Waals surface area (Å²) in [4.78, 5) is 23.6. The maximum absolute atomic E-state index is 12.3. The van der Waals surface area contributed by atoms with Crippen LogP contribution < -0.4 is 15.8 Å². The standard InChI is InChI=1S/C18H23ClN6O3S2.C5H10O2/c19-15-5-1-3-13(14(15)12-20)4-2-10-30(27,28)24-18-23-22-16(29-18)11-17(26)25-8-6-21-7-9-25;1-5(2,3)7-4-6/h1-5,21H,6-12,20H2,(H,23,24);4H,1-3H3. The highest BCUT2D eigenvalue weighted by Gasteiger charge is 2.19. The van der Waals surface area contributed by atoms with E-state index < -0.39 is 10.0 Å². The molecule has 0 spiro atoms. The molecule has 1 amide bonds. The second-order valence-electron chi connectivity index (χ2n) is 8.93. The van der Waals surface area contributed by atoms with Gasteiger partial charge in [0.15, 0.2) is 0 Å². The molecule has 0 radical (unpaired) electrons. The Balaban J connectivity index is 0.000000604. The highest BCUT2D eigenvalue weighted by Crippen LogP contribution is 2.21. The van der Waals surface area contributed by atoms with Crippen LogP contribution in [0.15, 0.2) is 24.3 Å². The summed E-state index contributed by atoms with van der Waals surface area (Å²) >= 11 is 7.16. The minimum Gasteiger partial charge on any atom is -0.462 e. The smallest absolute Gasteiger partial charge is 0.293 e. The SMILES string of the molecule is CC(C)(C)OC=O.NCc1c(Cl)cccc1C=CCS(=O)(=O)Nc1nnc(CC(=O)N2CCNCC2)s1. The number of hydrogen-bond donors (Lipinski definition) is 3. The van der Waals surface area contributed by atoms with E-state index in [0.717, 1.165) is 35.6 Å². The van der Waals surface area contributed by atoms with E-state index in [2.05, 4.69) is 25.0 Å². The second kappa shape index (κ2) is 14.4. The van der Waals surface area contributed by atoms with Crippen LogP contribution in [0.3, 0.4) is 0 Å². The summed E-state index contributed by atoms with van der Waals surface area (Å²) in [5.74, 6) is -0.291. The van der Waals surface area contributed by atoms with E-state index in [1.807, 2.05) is 26.8 Å². The maximum atomic E-state index is 12.3. The third-order valence-electron chi connectivity index (χ3n) is 4.86. The van der Waals surface area contributed by atoms with Crippen LogP contribution in [0.25, 0.3) is 6.08 Å². The van der Waals surface area contributed by atoms with Gasteiger partial charge in [0.25, 0.3) is 6.47 Å². The zero-order valence-corrected chi connectivity index (χ0v) is 23.5. The topological polar surface area (TPSA) is 157 Å². The van der Waals surface area contributed by atoms with Crippen LogP contribution in [0.5, 0.6) is 0 Å². The molecule has 2 aromatic rings. The first-order valence-electron chi connectivity index (χ1n) is 11.5. The molecule has 0 atom stereocenters. The number of nitrogens with two attached hydrogens (primary N) is 1. The van der Waals surface area contributed by atoms with Gasteiger partial charge in [-0.2, -0.15) is 0 Å². The van der Waals surface area contributed by atoms with Crippen LogP contribution in [-0.4, -0.2) is 73.4 Å². The molecule has 11 nitrogen and oxygen atoms in total. The molecular formula is C23H33ClN6O5S2. The summed E-state index contributed by atoms with van der Waals surface area (Å²) in [5.41, 5.74) is 6.91. The molecule has 0 saturated carbocycles. The Kier molecular flexibility index (Phi) is 11.9. The zero-order chi connectivity index (χ0) is 27.5. The zero-order valence-electron chi connectivity index (χ0n) is 21.1. The predicted molar refractivity (Wildman–Crippen MR) is 146 cm³/mol. The van der Waals surface area contributed by atoms with Gasteiger partial charge in [-0.1, -0.05) is 47.2 Å². The number of amides is 1. The molecule has 1 aliphatic heterocycles. The van der Waals surface area contributed by atoms with Gasteiger partial charge in [0.2, 0.25) is 21.1 Å². The molecule has 1 saturated heterocycles. The van der Waals surface area contributed by atoms with Crippen LogP contribution in [0.2, 0.25) is 5.02 Å². The molecule has 3 rings (SSSR count). The van der Waals surface area contributed by atoms with Crippen LogP contribution in [0.1, 0.15) is 36.9 Å². The fourth-order valence-corrected chi connectivity index (χ4v) is 5.22. The van der Waals surface area contributed by atoms with E-state index in [1.165, 1.54) is 6.08 Å². The fourth-order valence-electron chi connectivity index (χ4n) is 3.09. The number of benzene rings is 1. The van der Waals surface area contributed by atoms with E-state index in [-0.39, 0.29) is 35.4 Å². The lowest BCUT2D eigenvalue weighted by Gasteiger charge is -2.27. The van der Waals surface area contributed by atoms with Gasteiger partial charge in [-0.3, -0.25) is 14.3 Å². The summed E-state index contributed by atoms with van der Waals surface area (Å²) < 4.78 is 31.6. The van der Waals surface area contributed by atoms with Gasteiger partial charge < -0.3 is 20.7 Å². The molecule has 4 N–H and O–H groups in total. The highest BCUT2D eigenvalue weighted by atomic mass is 35.5. The minimum atomic E-state index is -3.67. The van der Waals surface area contributed by atoms with Crippen LogP contribution in [0.4, 0.5) is 5.13 Å². The van der Waals surface area contributed by atoms with Crippen LogP contribution in [-0.2, 0) is 37.3 Å². The van der Waals surface area contributed by atoms with Crippen molar-refractivity contribution in [2.45, 2.75) is 39.3 Å². The van der Waals surface area contributed by atoms with E-state index in [1.54, 1.807) is 23.1 Å². The molecule has 0 bridgehead atoms. The van der Waals surface area contributed by atoms with E-state index in [0.29, 0.717) is 29.6 Å². The van der Waals surface area contributed by atoms with Crippen molar-refractivity contribution < 1.29 is 22.7 Å². The number of anilines is 1. The number of aromatic nitrogens is 2. The van der Waals surface area contributed by atoms with Gasteiger partial charge >= 0.3 is 0 Å². The van der Waals surface area contributed by atoms with Gasteiger partial charge in [-0.25, -0.2) is 8.42 Å². The molecule has 37 heavy (non-hydrogen) atoms. The Morgan fingerprint density at radius 1 is 1.30 bits per heavy atom. The van der Waals surface area contributed by atoms with Crippen LogP contribution in [0, 0.1) is 0 Å². The average molecular weight is 573 g/mol. The molecule has 1 aliphatic rings. The van der Waals surface area contributed by atoms with Crippen molar-refractivity contribution in [1.29, 1.82) is 0 Å². The number of hydrogen-bond acceptors (Lipinski definition) is 10. The quantitative estimate of drug-likeness (QED) is 0.382. The number of nitrogens with one attached hydrogen (secondary N) is 2. The molecule has 204 valence electrons. The Labute approximate surface area is 226 Å². The fraction of sp³-hybridized carbons (Fsp3) is 0.478. The van der Waals surface area contributed by atoms with Gasteiger partial charge in [0.1, 0.15) is 10.6 Å². The van der Waals surface area contributed by atoms with Crippen LogP contribution >= 0.6 is 22.9 Å². The van der Waals surface area contributed by atoms with E-state index in [9.17, 15) is 18.0 Å². The van der Waals surface area contributed by atoms with Crippen molar-refractivity contribution in [1.82, 2.24) is 20.4 Å². The number of piperazine rings is 1. The number of sulfonamides is 1. The molecule has 2 heterocycles. The normalized spacial score (nSPS) is 14.1. The Hall–Kier alpha value is -2.58. The summed E-state index contributed by atoms with van der Waals surface area (Å²) in [6.45, 7) is 9.02. The molecule has 0 aliphatic carbocycles. The van der Waals surface area contributed by atoms with E-state index >= 15 is 0 Å². The van der Waals surface area contributed by atoms with E-state index in [4.69, 9.17) is 17.3 Å². The molecule has 14 heteroatoms. The molecular weight excluding hydrogens is 540 g/mol. The summed E-state index contributed by atoms with van der Waals surface area (Å²) in [6.07, 6.45) is 3.30. The highest BCUT2D eigenvalue weighted by molar-refractivity contribution is 7.93. The maximum Gasteiger partial charge on any atom is 0.293 e. The summed E-state index contributed by atoms with van der Waals surface area (Å²) in [5, 5.41) is 12.1. The lowest BCUT2D eigenvalue weighted by Crippen LogP contribution is -2.46. The average Bonchev–Trinajstić information content (AvgIpc) is 3.25. The Morgan fingerprint density at radius 2 is 2.00 bits per heavy atom. The van der Waals surface area contributed by atoms with Crippen molar-refractivity contribution in [3.8, 4) is 0 Å². The summed E-state index contributed by atoms with van der Waals surface area (Å²) in [7, 11) is -3.67. The number of carbonyl (C=O) groups is 2.